The molecule has 5 nitrogen and oxygen atoms in total. The Balaban J connectivity index is 1.46. The van der Waals surface area contributed by atoms with Gasteiger partial charge in [0.05, 0.1) is 19.0 Å². The van der Waals surface area contributed by atoms with Gasteiger partial charge >= 0.3 is 5.97 Å². The highest BCUT2D eigenvalue weighted by atomic mass is 16.5. The number of ether oxygens (including phenoxy) is 2. The van der Waals surface area contributed by atoms with Gasteiger partial charge in [-0.15, -0.1) is 0 Å². The van der Waals surface area contributed by atoms with Crippen LogP contribution in [0, 0.1) is 0 Å². The minimum Gasteiger partial charge on any atom is -0.489 e. The first kappa shape index (κ1) is 20.7. The van der Waals surface area contributed by atoms with Crippen molar-refractivity contribution in [1.29, 1.82) is 0 Å². The molecule has 1 heterocycles. The molecular weight excluding hydrogens is 388 g/mol. The van der Waals surface area contributed by atoms with Crippen LogP contribution in [0.3, 0.4) is 0 Å². The van der Waals surface area contributed by atoms with Crippen LogP contribution in [0.4, 0.5) is 0 Å². The number of benzene rings is 3. The molecule has 0 aliphatic rings. The molecule has 0 fully saturated rings. The van der Waals surface area contributed by atoms with Gasteiger partial charge in [0.2, 0.25) is 0 Å². The van der Waals surface area contributed by atoms with Crippen LogP contribution in [0.5, 0.6) is 5.75 Å². The van der Waals surface area contributed by atoms with Gasteiger partial charge in [-0.25, -0.2) is 0 Å². The van der Waals surface area contributed by atoms with E-state index in [-0.39, 0.29) is 11.9 Å². The van der Waals surface area contributed by atoms with E-state index < -0.39 is 0 Å². The number of aromatic nitrogens is 2. The van der Waals surface area contributed by atoms with Crippen molar-refractivity contribution in [2.45, 2.75) is 25.9 Å². The fraction of sp³-hybridized carbons (Fsp3) is 0.231. The molecule has 0 aliphatic carbocycles. The van der Waals surface area contributed by atoms with Crippen LogP contribution >= 0.6 is 0 Å². The third kappa shape index (κ3) is 4.61. The molecule has 3 aromatic carbocycles. The first-order chi connectivity index (χ1) is 15.0. The molecule has 0 amide bonds. The van der Waals surface area contributed by atoms with Crippen molar-refractivity contribution >= 4 is 16.9 Å². The summed E-state index contributed by atoms with van der Waals surface area (Å²) in [4.78, 5) is 11.5. The quantitative estimate of drug-likeness (QED) is 0.376. The van der Waals surface area contributed by atoms with E-state index in [1.54, 1.807) is 0 Å². The van der Waals surface area contributed by atoms with Crippen LogP contribution in [0.1, 0.15) is 30.4 Å². The second kappa shape index (κ2) is 9.04. The molecule has 0 radical (unpaired) electrons. The Bertz CT molecular complexity index is 1180. The molecule has 31 heavy (non-hydrogen) atoms. The molecule has 4 rings (SSSR count). The van der Waals surface area contributed by atoms with Crippen LogP contribution in [0.2, 0.25) is 0 Å². The van der Waals surface area contributed by atoms with Crippen molar-refractivity contribution in [3.63, 3.8) is 0 Å². The number of aryl methyl sites for hydroxylation is 1. The Hall–Kier alpha value is -3.60. The van der Waals surface area contributed by atoms with E-state index >= 15 is 0 Å². The number of carbonyl (C=O) groups excluding carboxylic acids is 1. The Morgan fingerprint density at radius 3 is 2.48 bits per heavy atom. The zero-order valence-electron chi connectivity index (χ0n) is 18.0. The van der Waals surface area contributed by atoms with Crippen molar-refractivity contribution in [3.05, 3.63) is 83.9 Å². The van der Waals surface area contributed by atoms with Gasteiger partial charge in [0.15, 0.2) is 0 Å². The summed E-state index contributed by atoms with van der Waals surface area (Å²) in [7, 11) is 3.38. The van der Waals surface area contributed by atoms with E-state index in [1.807, 2.05) is 61.1 Å². The first-order valence-corrected chi connectivity index (χ1v) is 10.4. The Labute approximate surface area is 182 Å². The van der Waals surface area contributed by atoms with E-state index in [1.165, 1.54) is 7.11 Å². The normalized spacial score (nSPS) is 12.0. The van der Waals surface area contributed by atoms with Crippen LogP contribution in [0.15, 0.2) is 72.8 Å². The van der Waals surface area contributed by atoms with Gasteiger partial charge < -0.3 is 9.47 Å². The van der Waals surface area contributed by atoms with Gasteiger partial charge in [-0.2, -0.15) is 5.10 Å². The molecule has 5 heteroatoms. The Morgan fingerprint density at radius 1 is 1.03 bits per heavy atom. The molecule has 0 spiro atoms. The first-order valence-electron chi connectivity index (χ1n) is 10.4. The lowest BCUT2D eigenvalue weighted by atomic mass is 9.98. The van der Waals surface area contributed by atoms with Crippen LogP contribution in [-0.2, 0) is 23.2 Å². The number of fused-ring (bicyclic) bond motifs is 1. The maximum Gasteiger partial charge on any atom is 0.306 e. The Morgan fingerprint density at radius 2 is 1.77 bits per heavy atom. The standard InChI is InChI=1S/C26H26N2O3/c1-18(15-25(29)30-3)20-10-12-22(13-11-20)31-17-19-9-14-23-24(16-19)28(2)27-26(23)21-7-5-4-6-8-21/h4-14,16,18H,15,17H2,1-3H3. The highest BCUT2D eigenvalue weighted by molar-refractivity contribution is 5.93. The van der Waals surface area contributed by atoms with Crippen molar-refractivity contribution < 1.29 is 14.3 Å². The fourth-order valence-corrected chi connectivity index (χ4v) is 3.71. The predicted molar refractivity (Wildman–Crippen MR) is 122 cm³/mol. The summed E-state index contributed by atoms with van der Waals surface area (Å²) >= 11 is 0. The van der Waals surface area contributed by atoms with Gasteiger partial charge in [0.1, 0.15) is 18.1 Å². The average molecular weight is 415 g/mol. The van der Waals surface area contributed by atoms with E-state index in [9.17, 15) is 4.79 Å². The summed E-state index contributed by atoms with van der Waals surface area (Å²) in [6, 6.07) is 24.4. The number of methoxy groups -OCH3 is 1. The lowest BCUT2D eigenvalue weighted by Gasteiger charge is -2.12. The SMILES string of the molecule is COC(=O)CC(C)c1ccc(OCc2ccc3c(-c4ccccc4)nn(C)c3c2)cc1. The molecule has 0 bridgehead atoms. The van der Waals surface area contributed by atoms with E-state index in [2.05, 4.69) is 30.3 Å². The van der Waals surface area contributed by atoms with E-state index in [0.717, 1.165) is 39.0 Å². The van der Waals surface area contributed by atoms with Gasteiger partial charge in [-0.3, -0.25) is 9.48 Å². The summed E-state index contributed by atoms with van der Waals surface area (Å²) < 4.78 is 12.7. The highest BCUT2D eigenvalue weighted by Crippen LogP contribution is 2.29. The maximum absolute atomic E-state index is 11.5. The number of carbonyl (C=O) groups is 1. The fourth-order valence-electron chi connectivity index (χ4n) is 3.71. The number of hydrogen-bond acceptors (Lipinski definition) is 4. The number of rotatable bonds is 7. The van der Waals surface area contributed by atoms with Crippen molar-refractivity contribution in [2.75, 3.05) is 7.11 Å². The minimum atomic E-state index is -0.200. The molecule has 158 valence electrons. The van der Waals surface area contributed by atoms with Gasteiger partial charge in [0, 0.05) is 18.0 Å². The molecule has 0 N–H and O–H groups in total. The van der Waals surface area contributed by atoms with Crippen molar-refractivity contribution in [1.82, 2.24) is 9.78 Å². The number of nitrogens with zero attached hydrogens (tertiary/aromatic N) is 2. The second-order valence-electron chi connectivity index (χ2n) is 7.73. The van der Waals surface area contributed by atoms with Crippen LogP contribution in [-0.4, -0.2) is 22.9 Å². The highest BCUT2D eigenvalue weighted by Gasteiger charge is 2.13. The smallest absolute Gasteiger partial charge is 0.306 e. The zero-order valence-corrected chi connectivity index (χ0v) is 18.0. The summed E-state index contributed by atoms with van der Waals surface area (Å²) in [6.07, 6.45) is 0.367. The van der Waals surface area contributed by atoms with Crippen LogP contribution in [0.25, 0.3) is 22.2 Å². The average Bonchev–Trinajstić information content (AvgIpc) is 3.14. The Kier molecular flexibility index (Phi) is 6.03. The lowest BCUT2D eigenvalue weighted by molar-refractivity contribution is -0.140. The maximum atomic E-state index is 11.5. The summed E-state index contributed by atoms with van der Waals surface area (Å²) in [5, 5.41) is 5.84. The monoisotopic (exact) mass is 414 g/mol. The van der Waals surface area contributed by atoms with Crippen molar-refractivity contribution in [2.24, 2.45) is 7.05 Å². The zero-order chi connectivity index (χ0) is 21.8. The summed E-state index contributed by atoms with van der Waals surface area (Å²) in [6.45, 7) is 2.48. The number of esters is 1. The molecule has 1 atom stereocenters. The summed E-state index contributed by atoms with van der Waals surface area (Å²) in [5.74, 6) is 0.699. The lowest BCUT2D eigenvalue weighted by Crippen LogP contribution is -2.06. The minimum absolute atomic E-state index is 0.104. The molecule has 4 aromatic rings. The number of hydrogen-bond donors (Lipinski definition) is 0. The molecule has 1 aromatic heterocycles. The molecular formula is C26H26N2O3. The molecule has 0 saturated heterocycles. The van der Waals surface area contributed by atoms with Gasteiger partial charge in [-0.1, -0.05) is 61.5 Å². The van der Waals surface area contributed by atoms with Crippen LogP contribution < -0.4 is 4.74 Å². The predicted octanol–water partition coefficient (Wildman–Crippen LogP) is 5.49. The summed E-state index contributed by atoms with van der Waals surface area (Å²) in [5.41, 5.74) is 5.34. The van der Waals surface area contributed by atoms with E-state index in [0.29, 0.717) is 13.0 Å². The second-order valence-corrected chi connectivity index (χ2v) is 7.73. The largest absolute Gasteiger partial charge is 0.489 e. The van der Waals surface area contributed by atoms with Crippen molar-refractivity contribution in [3.8, 4) is 17.0 Å². The third-order valence-electron chi connectivity index (χ3n) is 5.52. The molecule has 1 unspecified atom stereocenters. The van der Waals surface area contributed by atoms with Gasteiger partial charge in [-0.05, 0) is 35.2 Å². The third-order valence-corrected chi connectivity index (χ3v) is 5.52. The van der Waals surface area contributed by atoms with Gasteiger partial charge in [0.25, 0.3) is 0 Å². The molecule has 0 aliphatic heterocycles. The van der Waals surface area contributed by atoms with E-state index in [4.69, 9.17) is 14.6 Å². The molecule has 0 saturated carbocycles. The topological polar surface area (TPSA) is 53.4 Å².